The van der Waals surface area contributed by atoms with E-state index in [0.717, 1.165) is 9.80 Å². The molecular formula is C44H64N12O16. The van der Waals surface area contributed by atoms with E-state index in [2.05, 4.69) is 31.9 Å². The third-order valence-corrected chi connectivity index (χ3v) is 11.8. The fourth-order valence-corrected chi connectivity index (χ4v) is 7.86. The molecule has 0 unspecified atom stereocenters. The fraction of sp³-hybridized carbons (Fsp3) is 0.568. The number of hydrogen-bond acceptors (Lipinski definition) is 15. The van der Waals surface area contributed by atoms with Crippen molar-refractivity contribution in [3.8, 4) is 5.75 Å². The van der Waals surface area contributed by atoms with E-state index in [9.17, 15) is 72.5 Å². The number of phenolic OH excluding ortho intramolecular Hbond substituents is 1. The standard InChI is InChI=1S/C44H64N12O16/c1-22(44(71)72)50-40(67)30-4-2-18-55(30)43(70)28(13-16-34(48)60)53-41(68)31-5-3-19-56(31)42(69)27(12-15-33(47)59)52-39(66)29(20-23-6-8-24(57)9-7-23)54-38(65)26(11-14-32(46)58)51-35(61)21-49-37(64)25(45)10-17-36(62)63/h6-9,22,25-31,57H,2-5,10-21,45H2,1H3,(H2,46,58)(H2,47,59)(H2,48,60)(H,49,64)(H,50,67)(H,51,61)(H,52,66)(H,53,68)(H,54,65)(H,62,63)(H,71,72)/t22-,25-,26-,27-,28-,29-,30-,31-/m0/s1. The maximum Gasteiger partial charge on any atom is 0.325 e. The van der Waals surface area contributed by atoms with E-state index in [1.54, 1.807) is 0 Å². The summed E-state index contributed by atoms with van der Waals surface area (Å²) in [7, 11) is 0. The summed E-state index contributed by atoms with van der Waals surface area (Å²) >= 11 is 0. The van der Waals surface area contributed by atoms with Gasteiger partial charge < -0.3 is 80.0 Å². The highest BCUT2D eigenvalue weighted by molar-refractivity contribution is 5.98. The van der Waals surface area contributed by atoms with Crippen LogP contribution in [0.4, 0.5) is 0 Å². The summed E-state index contributed by atoms with van der Waals surface area (Å²) in [5.74, 6) is -12.4. The van der Waals surface area contributed by atoms with Gasteiger partial charge in [0.1, 0.15) is 48.0 Å². The summed E-state index contributed by atoms with van der Waals surface area (Å²) in [5.41, 5.74) is 22.2. The summed E-state index contributed by atoms with van der Waals surface area (Å²) in [5, 5.41) is 42.5. The van der Waals surface area contributed by atoms with E-state index in [-0.39, 0.29) is 63.8 Å². The number of amides is 11. The Morgan fingerprint density at radius 2 is 1.06 bits per heavy atom. The minimum absolute atomic E-state index is 0.0474. The quantitative estimate of drug-likeness (QED) is 0.0356. The molecule has 72 heavy (non-hydrogen) atoms. The lowest BCUT2D eigenvalue weighted by atomic mass is 10.0. The molecule has 3 rings (SSSR count). The molecule has 2 fully saturated rings. The number of carbonyl (C=O) groups is 13. The Labute approximate surface area is 412 Å². The summed E-state index contributed by atoms with van der Waals surface area (Å²) in [6.07, 6.45) is -2.58. The number of nitrogens with two attached hydrogens (primary N) is 4. The lowest BCUT2D eigenvalue weighted by Crippen LogP contribution is -2.60. The SMILES string of the molecule is C[C@H](NC(=O)[C@@H]1CCCN1C(=O)[C@H](CCC(N)=O)NC(=O)[C@@H]1CCCN1C(=O)[C@H](CCC(N)=O)NC(=O)[C@H](Cc1ccc(O)cc1)NC(=O)[C@H](CCC(N)=O)NC(=O)CNC(=O)[C@@H](N)CCC(=O)O)C(=O)O. The molecule has 0 bridgehead atoms. The zero-order valence-electron chi connectivity index (χ0n) is 39.6. The lowest BCUT2D eigenvalue weighted by molar-refractivity contribution is -0.145. The molecule has 17 N–H and O–H groups in total. The maximum atomic E-state index is 14.4. The number of carboxylic acid groups (broad SMARTS) is 2. The maximum absolute atomic E-state index is 14.4. The number of rotatable bonds is 29. The van der Waals surface area contributed by atoms with Crippen LogP contribution in [-0.4, -0.2) is 170 Å². The average molecular weight is 1020 g/mol. The molecule has 0 spiro atoms. The van der Waals surface area contributed by atoms with E-state index in [1.165, 1.54) is 31.2 Å². The first kappa shape index (κ1) is 58.4. The smallest absolute Gasteiger partial charge is 0.325 e. The average Bonchev–Trinajstić information content (AvgIpc) is 4.02. The molecular weight excluding hydrogens is 953 g/mol. The van der Waals surface area contributed by atoms with Crippen LogP contribution in [0.3, 0.4) is 0 Å². The van der Waals surface area contributed by atoms with Gasteiger partial charge in [-0.2, -0.15) is 0 Å². The van der Waals surface area contributed by atoms with Gasteiger partial charge in [-0.3, -0.25) is 62.3 Å². The van der Waals surface area contributed by atoms with Crippen molar-refractivity contribution >= 4 is 76.9 Å². The number of hydrogen-bond donors (Lipinski definition) is 13. The Kier molecular flexibility index (Phi) is 22.8. The molecule has 2 saturated heterocycles. The molecule has 0 aliphatic carbocycles. The van der Waals surface area contributed by atoms with Gasteiger partial charge in [0.15, 0.2) is 0 Å². The number of benzene rings is 1. The molecule has 8 atom stereocenters. The predicted molar refractivity (Wildman–Crippen MR) is 247 cm³/mol. The Hall–Kier alpha value is -7.91. The minimum Gasteiger partial charge on any atom is -0.508 e. The fourth-order valence-electron chi connectivity index (χ4n) is 7.86. The minimum atomic E-state index is -1.59. The number of carboxylic acids is 2. The molecule has 28 heteroatoms. The molecule has 1 aromatic carbocycles. The van der Waals surface area contributed by atoms with E-state index in [0.29, 0.717) is 12.0 Å². The first-order valence-corrected chi connectivity index (χ1v) is 23.1. The largest absolute Gasteiger partial charge is 0.508 e. The lowest BCUT2D eigenvalue weighted by Gasteiger charge is -2.32. The molecule has 0 aromatic heterocycles. The van der Waals surface area contributed by atoms with Crippen molar-refractivity contribution in [2.24, 2.45) is 22.9 Å². The third-order valence-electron chi connectivity index (χ3n) is 11.8. The monoisotopic (exact) mass is 1020 g/mol. The number of aliphatic carboxylic acids is 2. The van der Waals surface area contributed by atoms with Crippen molar-refractivity contribution in [3.63, 3.8) is 0 Å². The van der Waals surface area contributed by atoms with Crippen LogP contribution >= 0.6 is 0 Å². The van der Waals surface area contributed by atoms with Gasteiger partial charge in [0.25, 0.3) is 0 Å². The number of primary amides is 3. The van der Waals surface area contributed by atoms with Crippen molar-refractivity contribution < 1.29 is 77.6 Å². The van der Waals surface area contributed by atoms with Crippen molar-refractivity contribution in [3.05, 3.63) is 29.8 Å². The van der Waals surface area contributed by atoms with E-state index >= 15 is 0 Å². The van der Waals surface area contributed by atoms with Crippen LogP contribution in [0.2, 0.25) is 0 Å². The first-order chi connectivity index (χ1) is 33.9. The van der Waals surface area contributed by atoms with Crippen LogP contribution < -0.4 is 54.8 Å². The normalized spacial score (nSPS) is 17.6. The molecule has 2 heterocycles. The van der Waals surface area contributed by atoms with Gasteiger partial charge in [-0.15, -0.1) is 0 Å². The Bertz CT molecular complexity index is 2210. The van der Waals surface area contributed by atoms with Gasteiger partial charge in [-0.05, 0) is 76.0 Å². The number of aromatic hydroxyl groups is 1. The number of likely N-dealkylation sites (tertiary alicyclic amines) is 2. The summed E-state index contributed by atoms with van der Waals surface area (Å²) in [6.45, 7) is 0.497. The highest BCUT2D eigenvalue weighted by Gasteiger charge is 2.42. The Balaban J connectivity index is 1.88. The van der Waals surface area contributed by atoms with Gasteiger partial charge in [-0.25, -0.2) is 0 Å². The van der Waals surface area contributed by atoms with Crippen molar-refractivity contribution in [2.75, 3.05) is 19.6 Å². The van der Waals surface area contributed by atoms with Crippen LogP contribution in [-0.2, 0) is 68.7 Å². The second-order valence-electron chi connectivity index (χ2n) is 17.4. The predicted octanol–water partition coefficient (Wildman–Crippen LogP) is -5.45. The molecule has 2 aliphatic heterocycles. The van der Waals surface area contributed by atoms with E-state index in [4.69, 9.17) is 28.0 Å². The van der Waals surface area contributed by atoms with Crippen LogP contribution in [0.1, 0.15) is 89.5 Å². The van der Waals surface area contributed by atoms with Crippen molar-refractivity contribution in [1.82, 2.24) is 41.7 Å². The van der Waals surface area contributed by atoms with Gasteiger partial charge in [0.05, 0.1) is 12.6 Å². The molecule has 11 amide bonds. The van der Waals surface area contributed by atoms with Crippen LogP contribution in [0.25, 0.3) is 0 Å². The highest BCUT2D eigenvalue weighted by Crippen LogP contribution is 2.23. The summed E-state index contributed by atoms with van der Waals surface area (Å²) in [4.78, 5) is 169. The van der Waals surface area contributed by atoms with Gasteiger partial charge >= 0.3 is 11.9 Å². The highest BCUT2D eigenvalue weighted by atomic mass is 16.4. The van der Waals surface area contributed by atoms with Gasteiger partial charge in [0.2, 0.25) is 65.0 Å². The third kappa shape index (κ3) is 18.8. The second-order valence-corrected chi connectivity index (χ2v) is 17.4. The Morgan fingerprint density at radius 3 is 1.54 bits per heavy atom. The number of phenols is 1. The molecule has 396 valence electrons. The second kappa shape index (κ2) is 28.1. The van der Waals surface area contributed by atoms with Crippen LogP contribution in [0.5, 0.6) is 5.75 Å². The number of nitrogens with zero attached hydrogens (tertiary/aromatic N) is 2. The Morgan fingerprint density at radius 1 is 0.597 bits per heavy atom. The first-order valence-electron chi connectivity index (χ1n) is 23.1. The number of nitrogens with one attached hydrogen (secondary N) is 6. The summed E-state index contributed by atoms with van der Waals surface area (Å²) < 4.78 is 0. The van der Waals surface area contributed by atoms with Gasteiger partial charge in [-0.1, -0.05) is 12.1 Å². The van der Waals surface area contributed by atoms with Gasteiger partial charge in [0, 0.05) is 45.2 Å². The zero-order chi connectivity index (χ0) is 53.8. The van der Waals surface area contributed by atoms with Crippen molar-refractivity contribution in [1.29, 1.82) is 0 Å². The molecule has 1 aromatic rings. The number of carbonyl (C=O) groups excluding carboxylic acids is 11. The summed E-state index contributed by atoms with van der Waals surface area (Å²) in [6, 6.07) is -5.72. The van der Waals surface area contributed by atoms with E-state index in [1.807, 2.05) is 0 Å². The van der Waals surface area contributed by atoms with E-state index < -0.39 is 164 Å². The topological polar surface area (TPSA) is 465 Å². The van der Waals surface area contributed by atoms with Crippen molar-refractivity contribution in [2.45, 2.75) is 139 Å². The molecule has 2 aliphatic rings. The molecule has 0 saturated carbocycles. The van der Waals surface area contributed by atoms with Crippen LogP contribution in [0.15, 0.2) is 24.3 Å². The van der Waals surface area contributed by atoms with Crippen LogP contribution in [0, 0.1) is 0 Å². The molecule has 28 nitrogen and oxygen atoms in total. The molecule has 0 radical (unpaired) electrons. The zero-order valence-corrected chi connectivity index (χ0v) is 39.6.